The number of aromatic carboxylic acids is 1. The Hall–Kier alpha value is -1.62. The van der Waals surface area contributed by atoms with Crippen LogP contribution in [0.4, 0.5) is 5.82 Å². The van der Waals surface area contributed by atoms with E-state index in [4.69, 9.17) is 0 Å². The number of aliphatic hydroxyl groups is 1. The molecule has 1 heterocycles. The number of carboxylic acid groups (broad SMARTS) is 1. The lowest BCUT2D eigenvalue weighted by Gasteiger charge is -2.35. The number of carboxylic acids is 1. The molecule has 21 heavy (non-hydrogen) atoms. The van der Waals surface area contributed by atoms with Crippen molar-refractivity contribution in [2.45, 2.75) is 52.1 Å². The molecule has 1 aliphatic carbocycles. The van der Waals surface area contributed by atoms with Crippen molar-refractivity contribution in [2.24, 2.45) is 5.92 Å². The monoisotopic (exact) mass is 292 g/mol. The van der Waals surface area contributed by atoms with Gasteiger partial charge < -0.3 is 15.5 Å². The molecular formula is C16H24N2O3. The van der Waals surface area contributed by atoms with Crippen LogP contribution in [-0.2, 0) is 0 Å². The molecule has 0 bridgehead atoms. The molecule has 0 amide bonds. The molecule has 3 N–H and O–H groups in total. The number of nitrogens with one attached hydrogen (secondary N) is 1. The molecule has 116 valence electrons. The summed E-state index contributed by atoms with van der Waals surface area (Å²) in [6.07, 6.45) is 3.64. The Morgan fingerprint density at radius 3 is 2.86 bits per heavy atom. The maximum absolute atomic E-state index is 11.4. The summed E-state index contributed by atoms with van der Waals surface area (Å²) in [6, 6.07) is 1.76. The summed E-state index contributed by atoms with van der Waals surface area (Å²) in [5.41, 5.74) is 0.866. The third-order valence-electron chi connectivity index (χ3n) is 4.21. The fourth-order valence-electron chi connectivity index (χ4n) is 3.28. The molecule has 0 radical (unpaired) electrons. The van der Waals surface area contributed by atoms with Gasteiger partial charge in [-0.15, -0.1) is 0 Å². The SMILES string of the molecule is Cc1cc(C)c(C(=O)O)c(NCC2(O)CCCC(C)C2)n1. The second-order valence-corrected chi connectivity index (χ2v) is 6.39. The van der Waals surface area contributed by atoms with Crippen LogP contribution in [0.15, 0.2) is 6.07 Å². The van der Waals surface area contributed by atoms with Gasteiger partial charge in [0.1, 0.15) is 11.4 Å². The predicted octanol–water partition coefficient (Wildman–Crippen LogP) is 2.75. The Morgan fingerprint density at radius 2 is 2.24 bits per heavy atom. The zero-order valence-corrected chi connectivity index (χ0v) is 12.9. The van der Waals surface area contributed by atoms with E-state index in [0.29, 0.717) is 23.8 Å². The molecule has 5 nitrogen and oxygen atoms in total. The fraction of sp³-hybridized carbons (Fsp3) is 0.625. The smallest absolute Gasteiger partial charge is 0.339 e. The summed E-state index contributed by atoms with van der Waals surface area (Å²) >= 11 is 0. The number of aromatic nitrogens is 1. The highest BCUT2D eigenvalue weighted by Crippen LogP contribution is 2.32. The number of hydrogen-bond acceptors (Lipinski definition) is 4. The maximum atomic E-state index is 11.4. The highest BCUT2D eigenvalue weighted by Gasteiger charge is 2.33. The molecule has 2 unspecified atom stereocenters. The minimum absolute atomic E-state index is 0.188. The first-order valence-corrected chi connectivity index (χ1v) is 7.48. The number of aryl methyl sites for hydroxylation is 2. The molecule has 5 heteroatoms. The molecule has 0 saturated heterocycles. The largest absolute Gasteiger partial charge is 0.478 e. The third-order valence-corrected chi connectivity index (χ3v) is 4.21. The lowest BCUT2D eigenvalue weighted by atomic mass is 9.79. The van der Waals surface area contributed by atoms with Crippen LogP contribution in [0.3, 0.4) is 0 Å². The van der Waals surface area contributed by atoms with Gasteiger partial charge in [-0.05, 0) is 44.2 Å². The Morgan fingerprint density at radius 1 is 1.52 bits per heavy atom. The number of hydrogen-bond donors (Lipinski definition) is 3. The van der Waals surface area contributed by atoms with Crippen LogP contribution in [0.25, 0.3) is 0 Å². The Labute approximate surface area is 125 Å². The number of anilines is 1. The van der Waals surface area contributed by atoms with E-state index in [9.17, 15) is 15.0 Å². The molecule has 1 aliphatic rings. The van der Waals surface area contributed by atoms with E-state index in [-0.39, 0.29) is 5.56 Å². The van der Waals surface area contributed by atoms with Crippen molar-refractivity contribution in [3.05, 3.63) is 22.9 Å². The van der Waals surface area contributed by atoms with Gasteiger partial charge in [0, 0.05) is 12.2 Å². The van der Waals surface area contributed by atoms with Crippen molar-refractivity contribution in [1.82, 2.24) is 4.98 Å². The zero-order valence-electron chi connectivity index (χ0n) is 12.9. The maximum Gasteiger partial charge on any atom is 0.339 e. The van der Waals surface area contributed by atoms with Crippen LogP contribution in [0.1, 0.15) is 54.2 Å². The highest BCUT2D eigenvalue weighted by molar-refractivity contribution is 5.94. The van der Waals surface area contributed by atoms with Crippen molar-refractivity contribution in [1.29, 1.82) is 0 Å². The van der Waals surface area contributed by atoms with Crippen LogP contribution >= 0.6 is 0 Å². The van der Waals surface area contributed by atoms with Crippen LogP contribution < -0.4 is 5.32 Å². The van der Waals surface area contributed by atoms with E-state index in [1.807, 2.05) is 6.92 Å². The average Bonchev–Trinajstić information content (AvgIpc) is 2.34. The van der Waals surface area contributed by atoms with Gasteiger partial charge in [0.2, 0.25) is 0 Å². The van der Waals surface area contributed by atoms with Gasteiger partial charge in [0.25, 0.3) is 0 Å². The first-order valence-electron chi connectivity index (χ1n) is 7.48. The first kappa shape index (κ1) is 15.8. The van der Waals surface area contributed by atoms with Crippen molar-refractivity contribution < 1.29 is 15.0 Å². The molecule has 1 saturated carbocycles. The molecule has 0 aliphatic heterocycles. The van der Waals surface area contributed by atoms with Crippen molar-refractivity contribution in [3.63, 3.8) is 0 Å². The normalized spacial score (nSPS) is 25.6. The second-order valence-electron chi connectivity index (χ2n) is 6.39. The average molecular weight is 292 g/mol. The van der Waals surface area contributed by atoms with E-state index < -0.39 is 11.6 Å². The van der Waals surface area contributed by atoms with E-state index in [1.54, 1.807) is 13.0 Å². The topological polar surface area (TPSA) is 82.5 Å². The van der Waals surface area contributed by atoms with Gasteiger partial charge in [-0.25, -0.2) is 9.78 Å². The molecule has 0 aromatic carbocycles. The van der Waals surface area contributed by atoms with Crippen molar-refractivity contribution in [3.8, 4) is 0 Å². The van der Waals surface area contributed by atoms with Gasteiger partial charge in [0.15, 0.2) is 0 Å². The van der Waals surface area contributed by atoms with Crippen LogP contribution in [0, 0.1) is 19.8 Å². The summed E-state index contributed by atoms with van der Waals surface area (Å²) in [6.45, 7) is 6.08. The predicted molar refractivity (Wildman–Crippen MR) is 81.7 cm³/mol. The number of pyridine rings is 1. The number of carbonyl (C=O) groups is 1. The van der Waals surface area contributed by atoms with Gasteiger partial charge in [-0.3, -0.25) is 0 Å². The molecule has 1 aromatic heterocycles. The Kier molecular flexibility index (Phi) is 4.52. The Bertz CT molecular complexity index is 545. The Balaban J connectivity index is 2.18. The van der Waals surface area contributed by atoms with Gasteiger partial charge in [0.05, 0.1) is 5.60 Å². The van der Waals surface area contributed by atoms with Crippen LogP contribution in [0.5, 0.6) is 0 Å². The molecule has 1 fully saturated rings. The van der Waals surface area contributed by atoms with E-state index in [2.05, 4.69) is 17.2 Å². The van der Waals surface area contributed by atoms with E-state index in [0.717, 1.165) is 31.4 Å². The summed E-state index contributed by atoms with van der Waals surface area (Å²) in [4.78, 5) is 15.7. The van der Waals surface area contributed by atoms with Gasteiger partial charge >= 0.3 is 5.97 Å². The molecule has 2 rings (SSSR count). The van der Waals surface area contributed by atoms with E-state index >= 15 is 0 Å². The van der Waals surface area contributed by atoms with E-state index in [1.165, 1.54) is 0 Å². The number of nitrogens with zero attached hydrogens (tertiary/aromatic N) is 1. The lowest BCUT2D eigenvalue weighted by molar-refractivity contribution is -0.000881. The fourth-order valence-corrected chi connectivity index (χ4v) is 3.28. The van der Waals surface area contributed by atoms with Crippen molar-refractivity contribution in [2.75, 3.05) is 11.9 Å². The third kappa shape index (κ3) is 3.73. The van der Waals surface area contributed by atoms with Crippen LogP contribution in [-0.4, -0.2) is 33.3 Å². The second kappa shape index (κ2) is 6.02. The van der Waals surface area contributed by atoms with Gasteiger partial charge in [-0.2, -0.15) is 0 Å². The first-order chi connectivity index (χ1) is 9.81. The lowest BCUT2D eigenvalue weighted by Crippen LogP contribution is -2.41. The summed E-state index contributed by atoms with van der Waals surface area (Å²) < 4.78 is 0. The molecule has 1 aromatic rings. The number of rotatable bonds is 4. The summed E-state index contributed by atoms with van der Waals surface area (Å²) in [5, 5.41) is 23.0. The van der Waals surface area contributed by atoms with Gasteiger partial charge in [-0.1, -0.05) is 19.8 Å². The highest BCUT2D eigenvalue weighted by atomic mass is 16.4. The summed E-state index contributed by atoms with van der Waals surface area (Å²) in [7, 11) is 0. The molecular weight excluding hydrogens is 268 g/mol. The minimum Gasteiger partial charge on any atom is -0.478 e. The van der Waals surface area contributed by atoms with Crippen LogP contribution in [0.2, 0.25) is 0 Å². The molecule has 0 spiro atoms. The zero-order chi connectivity index (χ0) is 15.6. The molecule has 2 atom stereocenters. The standard InChI is InChI=1S/C16H24N2O3/c1-10-5-4-6-16(21,8-10)9-17-14-13(15(19)20)11(2)7-12(3)18-14/h7,10,21H,4-6,8-9H2,1-3H3,(H,17,18)(H,19,20). The minimum atomic E-state index is -0.994. The summed E-state index contributed by atoms with van der Waals surface area (Å²) in [5.74, 6) is -0.144. The quantitative estimate of drug-likeness (QED) is 0.795. The van der Waals surface area contributed by atoms with Crippen molar-refractivity contribution >= 4 is 11.8 Å².